The molecule has 5 nitrogen and oxygen atoms in total. The van der Waals surface area contributed by atoms with Crippen molar-refractivity contribution in [3.63, 3.8) is 0 Å². The number of nitrogens with one attached hydrogen (secondary N) is 1. The van der Waals surface area contributed by atoms with Crippen molar-refractivity contribution < 1.29 is 4.79 Å². The lowest BCUT2D eigenvalue weighted by Gasteiger charge is -2.20. The molecule has 24 heavy (non-hydrogen) atoms. The highest BCUT2D eigenvalue weighted by atomic mass is 32.2. The molecule has 6 heteroatoms. The predicted molar refractivity (Wildman–Crippen MR) is 100 cm³/mol. The number of rotatable bonds is 4. The molecule has 0 aromatic heterocycles. The molecule has 0 fully saturated rings. The number of benzene rings is 1. The number of nitrogens with zero attached hydrogens (tertiary/aromatic N) is 3. The molecule has 0 saturated carbocycles. The fraction of sp³-hybridized carbons (Fsp3) is 0.333. The topological polar surface area (TPSA) is 68.9 Å². The van der Waals surface area contributed by atoms with Crippen molar-refractivity contribution in [3.05, 3.63) is 41.0 Å². The van der Waals surface area contributed by atoms with Crippen LogP contribution in [0.25, 0.3) is 6.08 Å². The molecule has 0 aliphatic carbocycles. The lowest BCUT2D eigenvalue weighted by Crippen LogP contribution is -2.35. The molecule has 1 N–H and O–H groups in total. The summed E-state index contributed by atoms with van der Waals surface area (Å²) in [5, 5.41) is 15.6. The van der Waals surface area contributed by atoms with Gasteiger partial charge in [-0.25, -0.2) is 0 Å². The second-order valence-electron chi connectivity index (χ2n) is 6.09. The number of hydrazone groups is 1. The molecule has 0 atom stereocenters. The van der Waals surface area contributed by atoms with Crippen LogP contribution in [0.2, 0.25) is 0 Å². The Morgan fingerprint density at radius 3 is 2.62 bits per heavy atom. The van der Waals surface area contributed by atoms with Gasteiger partial charge < -0.3 is 0 Å². The lowest BCUT2D eigenvalue weighted by molar-refractivity contribution is -0.114. The Kier molecular flexibility index (Phi) is 4.66. The average molecular weight is 340 g/mol. The number of hydrogen-bond acceptors (Lipinski definition) is 4. The van der Waals surface area contributed by atoms with Crippen molar-refractivity contribution in [1.82, 2.24) is 5.01 Å². The zero-order valence-corrected chi connectivity index (χ0v) is 14.9. The fourth-order valence-electron chi connectivity index (χ4n) is 2.49. The van der Waals surface area contributed by atoms with Gasteiger partial charge in [0.05, 0.1) is 5.57 Å². The van der Waals surface area contributed by atoms with Gasteiger partial charge in [0, 0.05) is 0 Å². The van der Waals surface area contributed by atoms with E-state index in [9.17, 15) is 4.79 Å². The second-order valence-corrected chi connectivity index (χ2v) is 7.13. The molecular weight excluding hydrogens is 320 g/mol. The highest BCUT2D eigenvalue weighted by molar-refractivity contribution is 8.26. The van der Waals surface area contributed by atoms with Crippen LogP contribution < -0.4 is 0 Å². The van der Waals surface area contributed by atoms with Crippen LogP contribution in [0, 0.1) is 5.41 Å². The van der Waals surface area contributed by atoms with Gasteiger partial charge in [0.2, 0.25) is 5.17 Å². The molecule has 1 aromatic carbocycles. The van der Waals surface area contributed by atoms with Crippen LogP contribution in [-0.4, -0.2) is 27.0 Å². The molecule has 2 aliphatic heterocycles. The number of aliphatic imine (C=N–C) groups is 1. The zero-order valence-electron chi connectivity index (χ0n) is 14.0. The Balaban J connectivity index is 1.89. The summed E-state index contributed by atoms with van der Waals surface area (Å²) in [6.45, 7) is 6.35. The Morgan fingerprint density at radius 1 is 1.29 bits per heavy atom. The van der Waals surface area contributed by atoms with Gasteiger partial charge in [0.25, 0.3) is 5.91 Å². The van der Waals surface area contributed by atoms with Crippen molar-refractivity contribution >= 4 is 39.8 Å². The fourth-order valence-corrected chi connectivity index (χ4v) is 3.48. The van der Waals surface area contributed by atoms with E-state index in [1.165, 1.54) is 22.3 Å². The van der Waals surface area contributed by atoms with Crippen molar-refractivity contribution in [2.24, 2.45) is 10.1 Å². The zero-order chi connectivity index (χ0) is 17.3. The quantitative estimate of drug-likeness (QED) is 0.834. The standard InChI is InChI=1S/C18H20N4OS/c1-4-5-15-21-22-16(19)14(17(23)20-18(22)24-15)10-12-6-8-13(9-7-12)11(2)3/h6-11,19H,4-5H2,1-3H3/b14-10-,19-16?. The number of hydrogen-bond donors (Lipinski definition) is 1. The first kappa shape index (κ1) is 16.6. The van der Waals surface area contributed by atoms with E-state index in [1.54, 1.807) is 6.08 Å². The summed E-state index contributed by atoms with van der Waals surface area (Å²) in [5.41, 5.74) is 2.40. The molecule has 2 heterocycles. The maximum atomic E-state index is 12.3. The van der Waals surface area contributed by atoms with E-state index >= 15 is 0 Å². The van der Waals surface area contributed by atoms with Gasteiger partial charge in [-0.3, -0.25) is 10.2 Å². The van der Waals surface area contributed by atoms with Gasteiger partial charge in [-0.2, -0.15) is 15.1 Å². The van der Waals surface area contributed by atoms with Crippen LogP contribution in [0.5, 0.6) is 0 Å². The van der Waals surface area contributed by atoms with Crippen LogP contribution >= 0.6 is 11.8 Å². The van der Waals surface area contributed by atoms with Crippen molar-refractivity contribution in [1.29, 1.82) is 5.41 Å². The summed E-state index contributed by atoms with van der Waals surface area (Å²) in [6, 6.07) is 8.02. The van der Waals surface area contributed by atoms with Crippen molar-refractivity contribution in [2.75, 3.05) is 0 Å². The molecule has 0 radical (unpaired) electrons. The summed E-state index contributed by atoms with van der Waals surface area (Å²) in [6.07, 6.45) is 3.52. The predicted octanol–water partition coefficient (Wildman–Crippen LogP) is 4.23. The molecule has 0 bridgehead atoms. The third-order valence-corrected chi connectivity index (χ3v) is 4.84. The monoisotopic (exact) mass is 340 g/mol. The van der Waals surface area contributed by atoms with Gasteiger partial charge in [-0.05, 0) is 47.7 Å². The van der Waals surface area contributed by atoms with E-state index in [-0.39, 0.29) is 17.3 Å². The molecule has 3 rings (SSSR count). The molecule has 0 saturated heterocycles. The number of thioether (sulfide) groups is 1. The van der Waals surface area contributed by atoms with Gasteiger partial charge >= 0.3 is 0 Å². The first-order chi connectivity index (χ1) is 11.5. The van der Waals surface area contributed by atoms with Crippen LogP contribution in [0.3, 0.4) is 0 Å². The van der Waals surface area contributed by atoms with Crippen LogP contribution in [0.15, 0.2) is 39.9 Å². The summed E-state index contributed by atoms with van der Waals surface area (Å²) in [4.78, 5) is 16.4. The van der Waals surface area contributed by atoms with Gasteiger partial charge in [-0.15, -0.1) is 0 Å². The summed E-state index contributed by atoms with van der Waals surface area (Å²) < 4.78 is 0. The minimum Gasteiger partial charge on any atom is -0.282 e. The molecule has 0 unspecified atom stereocenters. The van der Waals surface area contributed by atoms with E-state index in [1.807, 2.05) is 24.3 Å². The smallest absolute Gasteiger partial charge is 0.282 e. The second kappa shape index (κ2) is 6.73. The van der Waals surface area contributed by atoms with Crippen LogP contribution in [0.1, 0.15) is 50.7 Å². The Morgan fingerprint density at radius 2 is 2.00 bits per heavy atom. The summed E-state index contributed by atoms with van der Waals surface area (Å²) in [7, 11) is 0. The molecule has 1 aromatic rings. The Labute approximate surface area is 146 Å². The van der Waals surface area contributed by atoms with E-state index in [0.29, 0.717) is 11.1 Å². The molecule has 0 spiro atoms. The Bertz CT molecular complexity index is 775. The minimum atomic E-state index is -0.375. The molecule has 1 amide bonds. The van der Waals surface area contributed by atoms with E-state index < -0.39 is 0 Å². The average Bonchev–Trinajstić information content (AvgIpc) is 2.95. The minimum absolute atomic E-state index is 0.0940. The van der Waals surface area contributed by atoms with Gasteiger partial charge in [-0.1, -0.05) is 45.0 Å². The number of fused-ring (bicyclic) bond motifs is 1. The van der Waals surface area contributed by atoms with Crippen LogP contribution in [-0.2, 0) is 4.79 Å². The number of amides is 1. The first-order valence-electron chi connectivity index (χ1n) is 8.08. The largest absolute Gasteiger partial charge is 0.283 e. The number of carbonyl (C=O) groups excluding carboxylic acids is 1. The SMILES string of the molecule is CCCC1=NN2C(=N)/C(=C/c3ccc(C(C)C)cc3)C(=O)N=C2S1. The van der Waals surface area contributed by atoms with E-state index in [2.05, 4.69) is 30.9 Å². The number of amidine groups is 2. The van der Waals surface area contributed by atoms with E-state index in [4.69, 9.17) is 5.41 Å². The highest BCUT2D eigenvalue weighted by Gasteiger charge is 2.35. The first-order valence-corrected chi connectivity index (χ1v) is 8.90. The maximum Gasteiger partial charge on any atom is 0.283 e. The van der Waals surface area contributed by atoms with E-state index in [0.717, 1.165) is 23.4 Å². The number of carbonyl (C=O) groups is 1. The highest BCUT2D eigenvalue weighted by Crippen LogP contribution is 2.29. The Hall–Kier alpha value is -2.21. The van der Waals surface area contributed by atoms with Crippen LogP contribution in [0.4, 0.5) is 0 Å². The normalized spacial score (nSPS) is 19.0. The van der Waals surface area contributed by atoms with Crippen molar-refractivity contribution in [2.45, 2.75) is 39.5 Å². The molecule has 124 valence electrons. The third kappa shape index (κ3) is 3.19. The summed E-state index contributed by atoms with van der Waals surface area (Å²) in [5.74, 6) is 0.178. The maximum absolute atomic E-state index is 12.3. The third-order valence-electron chi connectivity index (χ3n) is 3.87. The van der Waals surface area contributed by atoms with Gasteiger partial charge in [0.1, 0.15) is 5.04 Å². The molecule has 2 aliphatic rings. The summed E-state index contributed by atoms with van der Waals surface area (Å²) >= 11 is 1.38. The van der Waals surface area contributed by atoms with Gasteiger partial charge in [0.15, 0.2) is 5.84 Å². The lowest BCUT2D eigenvalue weighted by atomic mass is 10.0. The van der Waals surface area contributed by atoms with Crippen molar-refractivity contribution in [3.8, 4) is 0 Å². The molecular formula is C18H20N4OS.